The number of alkyl halides is 3. The fraction of sp³-hybridized carbons (Fsp3) is 0.316. The molecule has 1 aliphatic heterocycles. The molecule has 30 heavy (non-hydrogen) atoms. The summed E-state index contributed by atoms with van der Waals surface area (Å²) in [6.45, 7) is 1.42. The molecule has 1 aliphatic rings. The van der Waals surface area contributed by atoms with Gasteiger partial charge in [-0.1, -0.05) is 19.1 Å². The van der Waals surface area contributed by atoms with Crippen LogP contribution in [0.2, 0.25) is 0 Å². The van der Waals surface area contributed by atoms with E-state index in [-0.39, 0.29) is 23.8 Å². The van der Waals surface area contributed by atoms with Crippen molar-refractivity contribution in [3.63, 3.8) is 0 Å². The lowest BCUT2D eigenvalue weighted by molar-refractivity contribution is -0.137. The van der Waals surface area contributed by atoms with E-state index in [0.717, 1.165) is 16.4 Å². The van der Waals surface area contributed by atoms with Gasteiger partial charge < -0.3 is 14.8 Å². The summed E-state index contributed by atoms with van der Waals surface area (Å²) in [7, 11) is -4.10. The number of carbonyl (C=O) groups excluding carboxylic acids is 1. The van der Waals surface area contributed by atoms with Gasteiger partial charge in [-0.2, -0.15) is 17.5 Å². The predicted octanol–water partition coefficient (Wildman–Crippen LogP) is 3.13. The summed E-state index contributed by atoms with van der Waals surface area (Å²) in [4.78, 5) is 12.2. The molecule has 0 aliphatic carbocycles. The Bertz CT molecular complexity index is 1040. The third kappa shape index (κ3) is 4.68. The van der Waals surface area contributed by atoms with Gasteiger partial charge in [0.25, 0.3) is 0 Å². The summed E-state index contributed by atoms with van der Waals surface area (Å²) in [5.74, 6) is -0.221. The van der Waals surface area contributed by atoms with Gasteiger partial charge in [0.2, 0.25) is 15.9 Å². The fourth-order valence-electron chi connectivity index (χ4n) is 2.89. The number of fused-ring (bicyclic) bond motifs is 1. The van der Waals surface area contributed by atoms with Crippen LogP contribution in [0.25, 0.3) is 0 Å². The third-order valence-electron chi connectivity index (χ3n) is 4.33. The number of hydrogen-bond donors (Lipinski definition) is 1. The zero-order chi connectivity index (χ0) is 21.9. The molecule has 11 heteroatoms. The molecule has 7 nitrogen and oxygen atoms in total. The molecule has 0 bridgehead atoms. The fourth-order valence-corrected chi connectivity index (χ4v) is 4.31. The molecule has 0 aromatic heterocycles. The number of nitrogens with one attached hydrogen (secondary N) is 1. The minimum Gasteiger partial charge on any atom is -0.486 e. The Balaban J connectivity index is 1.79. The molecule has 2 aromatic carbocycles. The predicted molar refractivity (Wildman–Crippen MR) is 102 cm³/mol. The first-order chi connectivity index (χ1) is 14.1. The van der Waals surface area contributed by atoms with E-state index in [4.69, 9.17) is 9.47 Å². The molecule has 162 valence electrons. The number of likely N-dealkylation sites (N-methyl/N-ethyl adjacent to an activating group) is 1. The number of hydrogen-bond acceptors (Lipinski definition) is 5. The lowest BCUT2D eigenvalue weighted by atomic mass is 10.1. The molecule has 0 spiro atoms. The topological polar surface area (TPSA) is 84.9 Å². The number of rotatable bonds is 6. The van der Waals surface area contributed by atoms with Crippen molar-refractivity contribution in [2.75, 3.05) is 31.6 Å². The van der Waals surface area contributed by atoms with Crippen LogP contribution >= 0.6 is 0 Å². The summed E-state index contributed by atoms with van der Waals surface area (Å²) < 4.78 is 76.8. The van der Waals surface area contributed by atoms with Gasteiger partial charge in [-0.15, -0.1) is 0 Å². The highest BCUT2D eigenvalue weighted by molar-refractivity contribution is 7.89. The molecule has 1 N–H and O–H groups in total. The molecule has 1 heterocycles. The van der Waals surface area contributed by atoms with Gasteiger partial charge in [-0.05, 0) is 24.3 Å². The number of anilines is 1. The van der Waals surface area contributed by atoms with Gasteiger partial charge in [0.1, 0.15) is 13.2 Å². The second kappa shape index (κ2) is 8.52. The first-order valence-corrected chi connectivity index (χ1v) is 10.4. The lowest BCUT2D eigenvalue weighted by Gasteiger charge is -2.23. The molecule has 0 unspecified atom stereocenters. The van der Waals surface area contributed by atoms with Crippen LogP contribution in [-0.4, -0.2) is 44.9 Å². The second-order valence-electron chi connectivity index (χ2n) is 6.33. The Morgan fingerprint density at radius 2 is 1.77 bits per heavy atom. The van der Waals surface area contributed by atoms with E-state index in [9.17, 15) is 26.4 Å². The van der Waals surface area contributed by atoms with Gasteiger partial charge in [-0.25, -0.2) is 8.42 Å². The SMILES string of the molecule is CCN(CC(=O)Nc1ccccc1C(F)(F)F)S(=O)(=O)c1ccc2c(c1)OCCO2. The first kappa shape index (κ1) is 21.9. The zero-order valence-electron chi connectivity index (χ0n) is 15.9. The largest absolute Gasteiger partial charge is 0.486 e. The second-order valence-corrected chi connectivity index (χ2v) is 8.27. The van der Waals surface area contributed by atoms with Crippen LogP contribution in [0.1, 0.15) is 12.5 Å². The van der Waals surface area contributed by atoms with E-state index < -0.39 is 39.9 Å². The number of ether oxygens (including phenoxy) is 2. The molecular formula is C19H19F3N2O5S. The smallest absolute Gasteiger partial charge is 0.418 e. The minimum absolute atomic E-state index is 0.0644. The number of carbonyl (C=O) groups is 1. The number of halogens is 3. The quantitative estimate of drug-likeness (QED) is 0.740. The van der Waals surface area contributed by atoms with Crippen LogP contribution in [0.5, 0.6) is 11.5 Å². The number of para-hydroxylation sites is 1. The Kier molecular flexibility index (Phi) is 6.22. The normalized spacial score (nSPS) is 13.9. The molecular weight excluding hydrogens is 425 g/mol. The van der Waals surface area contributed by atoms with Gasteiger partial charge >= 0.3 is 6.18 Å². The van der Waals surface area contributed by atoms with Crippen molar-refractivity contribution in [3.8, 4) is 11.5 Å². The van der Waals surface area contributed by atoms with Gasteiger partial charge in [0.05, 0.1) is 22.7 Å². The summed E-state index contributed by atoms with van der Waals surface area (Å²) in [6.07, 6.45) is -4.66. The first-order valence-electron chi connectivity index (χ1n) is 8.99. The molecule has 0 atom stereocenters. The summed E-state index contributed by atoms with van der Waals surface area (Å²) in [5, 5.41) is 2.15. The monoisotopic (exact) mass is 444 g/mol. The molecule has 1 amide bonds. The summed E-state index contributed by atoms with van der Waals surface area (Å²) in [6, 6.07) is 8.55. The average molecular weight is 444 g/mol. The third-order valence-corrected chi connectivity index (χ3v) is 6.25. The minimum atomic E-state index is -4.66. The Labute approximate surface area is 171 Å². The van der Waals surface area contributed by atoms with E-state index in [1.165, 1.54) is 37.3 Å². The molecule has 0 radical (unpaired) electrons. The van der Waals surface area contributed by atoms with Gasteiger partial charge in [-0.3, -0.25) is 4.79 Å². The summed E-state index contributed by atoms with van der Waals surface area (Å²) >= 11 is 0. The van der Waals surface area contributed by atoms with Crippen molar-refractivity contribution in [1.82, 2.24) is 4.31 Å². The van der Waals surface area contributed by atoms with E-state index >= 15 is 0 Å². The van der Waals surface area contributed by atoms with Crippen LogP contribution in [0, 0.1) is 0 Å². The van der Waals surface area contributed by atoms with E-state index in [1.807, 2.05) is 0 Å². The molecule has 0 saturated heterocycles. The molecule has 2 aromatic rings. The maximum atomic E-state index is 13.1. The van der Waals surface area contributed by atoms with Crippen LogP contribution in [0.3, 0.4) is 0 Å². The Hall–Kier alpha value is -2.79. The number of nitrogens with zero attached hydrogens (tertiary/aromatic N) is 1. The van der Waals surface area contributed by atoms with Crippen molar-refractivity contribution in [3.05, 3.63) is 48.0 Å². The number of sulfonamides is 1. The van der Waals surface area contributed by atoms with Crippen molar-refractivity contribution in [2.24, 2.45) is 0 Å². The highest BCUT2D eigenvalue weighted by atomic mass is 32.2. The van der Waals surface area contributed by atoms with E-state index in [2.05, 4.69) is 5.32 Å². The highest BCUT2D eigenvalue weighted by Crippen LogP contribution is 2.35. The number of benzene rings is 2. The van der Waals surface area contributed by atoms with Crippen molar-refractivity contribution in [1.29, 1.82) is 0 Å². The maximum absolute atomic E-state index is 13.1. The Morgan fingerprint density at radius 1 is 1.10 bits per heavy atom. The van der Waals surface area contributed by atoms with Crippen LogP contribution in [0.15, 0.2) is 47.4 Å². The van der Waals surface area contributed by atoms with Crippen molar-refractivity contribution in [2.45, 2.75) is 18.0 Å². The van der Waals surface area contributed by atoms with Gasteiger partial charge in [0.15, 0.2) is 11.5 Å². The van der Waals surface area contributed by atoms with Crippen LogP contribution < -0.4 is 14.8 Å². The van der Waals surface area contributed by atoms with E-state index in [0.29, 0.717) is 12.4 Å². The molecule has 3 rings (SSSR count). The standard InChI is InChI=1S/C19H19F3N2O5S/c1-2-24(12-18(25)23-15-6-4-3-5-14(15)19(20,21)22)30(26,27)13-7-8-16-17(11-13)29-10-9-28-16/h3-8,11H,2,9-10,12H2,1H3,(H,23,25). The summed E-state index contributed by atoms with van der Waals surface area (Å²) in [5.41, 5.74) is -1.46. The van der Waals surface area contributed by atoms with Crippen molar-refractivity contribution < 1.29 is 35.9 Å². The molecule has 0 fully saturated rings. The van der Waals surface area contributed by atoms with E-state index in [1.54, 1.807) is 0 Å². The number of amides is 1. The zero-order valence-corrected chi connectivity index (χ0v) is 16.7. The lowest BCUT2D eigenvalue weighted by Crippen LogP contribution is -2.38. The average Bonchev–Trinajstić information content (AvgIpc) is 2.71. The van der Waals surface area contributed by atoms with Gasteiger partial charge in [0, 0.05) is 12.6 Å². The molecule has 0 saturated carbocycles. The highest BCUT2D eigenvalue weighted by Gasteiger charge is 2.34. The van der Waals surface area contributed by atoms with Crippen LogP contribution in [0.4, 0.5) is 18.9 Å². The van der Waals surface area contributed by atoms with Crippen molar-refractivity contribution >= 4 is 21.6 Å². The van der Waals surface area contributed by atoms with Crippen LogP contribution in [-0.2, 0) is 21.0 Å². The maximum Gasteiger partial charge on any atom is 0.418 e. The Morgan fingerprint density at radius 3 is 2.43 bits per heavy atom.